The summed E-state index contributed by atoms with van der Waals surface area (Å²) in [5.74, 6) is -0.929. The Bertz CT molecular complexity index is 1050. The Balaban J connectivity index is 4.38. The van der Waals surface area contributed by atoms with Crippen LogP contribution in [0.15, 0.2) is 60.8 Å². The van der Waals surface area contributed by atoms with E-state index in [0.29, 0.717) is 19.3 Å². The molecule has 6 nitrogen and oxygen atoms in total. The molecule has 0 saturated heterocycles. The topological polar surface area (TPSA) is 78.9 Å². The van der Waals surface area contributed by atoms with Crippen molar-refractivity contribution in [3.05, 3.63) is 60.8 Å². The van der Waals surface area contributed by atoms with Gasteiger partial charge in [-0.05, 0) is 83.5 Å². The van der Waals surface area contributed by atoms with Crippen LogP contribution in [0.3, 0.4) is 0 Å². The molecule has 0 aliphatic rings. The summed E-state index contributed by atoms with van der Waals surface area (Å²) in [6, 6.07) is 0. The number of carbonyl (C=O) groups excluding carboxylic acids is 3. The molecule has 328 valence electrons. The first-order valence-electron chi connectivity index (χ1n) is 23.8. The summed E-state index contributed by atoms with van der Waals surface area (Å²) in [5.41, 5.74) is 0. The first-order valence-corrected chi connectivity index (χ1v) is 23.8. The van der Waals surface area contributed by atoms with Crippen LogP contribution in [0, 0.1) is 0 Å². The van der Waals surface area contributed by atoms with E-state index in [1.807, 2.05) is 0 Å². The van der Waals surface area contributed by atoms with Crippen LogP contribution in [0.5, 0.6) is 0 Å². The third kappa shape index (κ3) is 44.1. The molecule has 0 fully saturated rings. The van der Waals surface area contributed by atoms with Gasteiger partial charge in [-0.1, -0.05) is 184 Å². The number of esters is 3. The summed E-state index contributed by atoms with van der Waals surface area (Å²) in [5, 5.41) is 0. The number of carbonyl (C=O) groups is 3. The fourth-order valence-electron chi connectivity index (χ4n) is 6.43. The van der Waals surface area contributed by atoms with Crippen LogP contribution in [-0.4, -0.2) is 37.2 Å². The van der Waals surface area contributed by atoms with Gasteiger partial charge in [0.2, 0.25) is 0 Å². The Hall–Kier alpha value is -2.89. The van der Waals surface area contributed by atoms with Crippen LogP contribution in [0.2, 0.25) is 0 Å². The molecule has 0 heterocycles. The zero-order valence-corrected chi connectivity index (χ0v) is 37.3. The second-order valence-corrected chi connectivity index (χ2v) is 15.6. The predicted molar refractivity (Wildman–Crippen MR) is 242 cm³/mol. The Morgan fingerprint density at radius 3 is 1.12 bits per heavy atom. The maximum Gasteiger partial charge on any atom is 0.306 e. The Morgan fingerprint density at radius 1 is 0.368 bits per heavy atom. The third-order valence-corrected chi connectivity index (χ3v) is 10.0. The highest BCUT2D eigenvalue weighted by Gasteiger charge is 2.19. The van der Waals surface area contributed by atoms with Crippen LogP contribution in [-0.2, 0) is 28.6 Å². The van der Waals surface area contributed by atoms with Crippen LogP contribution in [0.25, 0.3) is 0 Å². The smallest absolute Gasteiger partial charge is 0.306 e. The Labute approximate surface area is 351 Å². The van der Waals surface area contributed by atoms with Crippen molar-refractivity contribution in [2.45, 2.75) is 232 Å². The molecule has 0 aliphatic heterocycles. The van der Waals surface area contributed by atoms with Gasteiger partial charge in [0.1, 0.15) is 13.2 Å². The molecule has 0 saturated carbocycles. The summed E-state index contributed by atoms with van der Waals surface area (Å²) in [4.78, 5) is 37.7. The van der Waals surface area contributed by atoms with Gasteiger partial charge < -0.3 is 14.2 Å². The number of unbranched alkanes of at least 4 members (excludes halogenated alkanes) is 21. The fourth-order valence-corrected chi connectivity index (χ4v) is 6.43. The quantitative estimate of drug-likeness (QED) is 0.0265. The van der Waals surface area contributed by atoms with Crippen LogP contribution < -0.4 is 0 Å². The molecule has 0 amide bonds. The average Bonchev–Trinajstić information content (AvgIpc) is 3.21. The highest BCUT2D eigenvalue weighted by atomic mass is 16.6. The largest absolute Gasteiger partial charge is 0.462 e. The van der Waals surface area contributed by atoms with E-state index < -0.39 is 6.10 Å². The van der Waals surface area contributed by atoms with E-state index in [0.717, 1.165) is 96.3 Å². The minimum Gasteiger partial charge on any atom is -0.462 e. The molecule has 0 N–H and O–H groups in total. The number of allylic oxidation sites excluding steroid dienone is 10. The zero-order chi connectivity index (χ0) is 41.5. The molecule has 0 rings (SSSR count). The van der Waals surface area contributed by atoms with Gasteiger partial charge in [0.15, 0.2) is 6.10 Å². The lowest BCUT2D eigenvalue weighted by Gasteiger charge is -2.18. The van der Waals surface area contributed by atoms with E-state index in [2.05, 4.69) is 81.5 Å². The van der Waals surface area contributed by atoms with Gasteiger partial charge in [-0.15, -0.1) is 0 Å². The lowest BCUT2D eigenvalue weighted by atomic mass is 10.1. The minimum atomic E-state index is -0.788. The van der Waals surface area contributed by atoms with Gasteiger partial charge in [-0.2, -0.15) is 0 Å². The zero-order valence-electron chi connectivity index (χ0n) is 37.3. The fraction of sp³-hybridized carbons (Fsp3) is 0.745. The molecular weight excluding hydrogens is 709 g/mol. The summed E-state index contributed by atoms with van der Waals surface area (Å²) in [7, 11) is 0. The maximum atomic E-state index is 12.7. The van der Waals surface area contributed by atoms with Gasteiger partial charge in [-0.3, -0.25) is 14.4 Å². The average molecular weight is 797 g/mol. The molecule has 0 aromatic rings. The second-order valence-electron chi connectivity index (χ2n) is 15.6. The standard InChI is InChI=1S/C51H88O6/c1-4-7-10-13-16-19-21-23-24-25-26-28-29-32-35-38-41-44-50(53)56-47-48(46-55-49(52)43-40-37-34-31-18-15-12-9-6-3)57-51(54)45-42-39-36-33-30-27-22-20-17-14-11-8-5-2/h8,11,16-17,19-20,23-24,27,30,48H,4-7,9-10,12-15,18,21-22,25-26,28-29,31-47H2,1-3H3/b11-8-,19-16-,20-17-,24-23-,30-27-. The minimum absolute atomic E-state index is 0.0879. The van der Waals surface area contributed by atoms with Crippen molar-refractivity contribution in [1.29, 1.82) is 0 Å². The van der Waals surface area contributed by atoms with Crippen molar-refractivity contribution in [3.63, 3.8) is 0 Å². The van der Waals surface area contributed by atoms with Gasteiger partial charge in [-0.25, -0.2) is 0 Å². The first-order chi connectivity index (χ1) is 28.0. The Morgan fingerprint density at radius 2 is 0.684 bits per heavy atom. The number of ether oxygens (including phenoxy) is 3. The summed E-state index contributed by atoms with van der Waals surface area (Å²) >= 11 is 0. The number of hydrogen-bond acceptors (Lipinski definition) is 6. The van der Waals surface area contributed by atoms with Crippen LogP contribution in [0.1, 0.15) is 226 Å². The predicted octanol–water partition coefficient (Wildman–Crippen LogP) is 15.3. The summed E-state index contributed by atoms with van der Waals surface area (Å²) in [6.45, 7) is 6.44. The highest BCUT2D eigenvalue weighted by molar-refractivity contribution is 5.71. The van der Waals surface area contributed by atoms with Gasteiger partial charge in [0, 0.05) is 19.3 Å². The van der Waals surface area contributed by atoms with E-state index in [-0.39, 0.29) is 31.1 Å². The summed E-state index contributed by atoms with van der Waals surface area (Å²) < 4.78 is 16.7. The van der Waals surface area contributed by atoms with E-state index >= 15 is 0 Å². The van der Waals surface area contributed by atoms with Crippen molar-refractivity contribution >= 4 is 17.9 Å². The molecule has 0 aromatic carbocycles. The van der Waals surface area contributed by atoms with E-state index in [4.69, 9.17) is 14.2 Å². The molecule has 6 heteroatoms. The van der Waals surface area contributed by atoms with Crippen molar-refractivity contribution in [2.75, 3.05) is 13.2 Å². The number of rotatable bonds is 42. The molecule has 0 radical (unpaired) electrons. The molecule has 0 aromatic heterocycles. The highest BCUT2D eigenvalue weighted by Crippen LogP contribution is 2.14. The van der Waals surface area contributed by atoms with Gasteiger partial charge >= 0.3 is 17.9 Å². The van der Waals surface area contributed by atoms with Crippen molar-refractivity contribution in [1.82, 2.24) is 0 Å². The third-order valence-electron chi connectivity index (χ3n) is 10.0. The molecular formula is C51H88O6. The number of hydrogen-bond donors (Lipinski definition) is 0. The normalized spacial score (nSPS) is 12.5. The van der Waals surface area contributed by atoms with Crippen LogP contribution >= 0.6 is 0 Å². The van der Waals surface area contributed by atoms with E-state index in [1.54, 1.807) is 0 Å². The summed E-state index contributed by atoms with van der Waals surface area (Å²) in [6.07, 6.45) is 54.9. The van der Waals surface area contributed by atoms with Gasteiger partial charge in [0.05, 0.1) is 0 Å². The monoisotopic (exact) mass is 797 g/mol. The second kappa shape index (κ2) is 45.8. The molecule has 1 unspecified atom stereocenters. The van der Waals surface area contributed by atoms with E-state index in [1.165, 1.54) is 89.9 Å². The van der Waals surface area contributed by atoms with Crippen LogP contribution in [0.4, 0.5) is 0 Å². The Kier molecular flexibility index (Phi) is 43.5. The van der Waals surface area contributed by atoms with Gasteiger partial charge in [0.25, 0.3) is 0 Å². The van der Waals surface area contributed by atoms with Crippen molar-refractivity contribution < 1.29 is 28.6 Å². The molecule has 0 spiro atoms. The molecule has 0 aliphatic carbocycles. The van der Waals surface area contributed by atoms with Crippen molar-refractivity contribution in [2.24, 2.45) is 0 Å². The molecule has 57 heavy (non-hydrogen) atoms. The lowest BCUT2D eigenvalue weighted by molar-refractivity contribution is -0.167. The van der Waals surface area contributed by atoms with E-state index in [9.17, 15) is 14.4 Å². The lowest BCUT2D eigenvalue weighted by Crippen LogP contribution is -2.30. The molecule has 0 bridgehead atoms. The van der Waals surface area contributed by atoms with Crippen molar-refractivity contribution in [3.8, 4) is 0 Å². The SMILES string of the molecule is CC/C=C\C/C=C\C/C=C\CCCCCC(=O)OC(COC(=O)CCCCCCCCC/C=C\C/C=C\CCCCC)COC(=O)CCCCCCCCCCC. The first kappa shape index (κ1) is 54.1. The molecule has 1 atom stereocenters. The maximum absolute atomic E-state index is 12.7.